The molecule has 1 aromatic carbocycles. The van der Waals surface area contributed by atoms with E-state index in [1.165, 1.54) is 9.80 Å². The minimum atomic E-state index is -0.855. The third kappa shape index (κ3) is 6.45. The van der Waals surface area contributed by atoms with Crippen molar-refractivity contribution < 1.29 is 29.0 Å². The van der Waals surface area contributed by atoms with Gasteiger partial charge in [0.15, 0.2) is 0 Å². The zero-order valence-corrected chi connectivity index (χ0v) is 20.9. The van der Waals surface area contributed by atoms with E-state index in [-0.39, 0.29) is 30.9 Å². The van der Waals surface area contributed by atoms with Crippen LogP contribution in [0.4, 0.5) is 15.3 Å². The molecule has 36 heavy (non-hydrogen) atoms. The molecule has 0 aromatic heterocycles. The van der Waals surface area contributed by atoms with Gasteiger partial charge in [0.25, 0.3) is 5.91 Å². The minimum absolute atomic E-state index is 0.105. The second-order valence-electron chi connectivity index (χ2n) is 9.25. The summed E-state index contributed by atoms with van der Waals surface area (Å²) in [6.45, 7) is 5.48. The second-order valence-corrected chi connectivity index (χ2v) is 9.66. The normalized spacial score (nSPS) is 20.0. The number of halogens is 1. The molecule has 3 aliphatic rings. The lowest BCUT2D eigenvalue weighted by molar-refractivity contribution is -0.120. The van der Waals surface area contributed by atoms with Crippen molar-refractivity contribution in [3.05, 3.63) is 28.8 Å². The summed E-state index contributed by atoms with van der Waals surface area (Å²) in [6.07, 6.45) is 1.81. The number of piperidine rings is 1. The smallest absolute Gasteiger partial charge is 0.407 e. The number of hydrogen-bond acceptors (Lipinski definition) is 6. The molecule has 3 heterocycles. The van der Waals surface area contributed by atoms with Gasteiger partial charge < -0.3 is 19.6 Å². The SMILES string of the molecule is O=C1CCN(c2cc(C(=O)N3CCC(OCCCN4CCN(C(=O)O)CC4)CC3)ccc2Cl)C(=O)N1. The summed E-state index contributed by atoms with van der Waals surface area (Å²) < 4.78 is 6.04. The lowest BCUT2D eigenvalue weighted by Crippen LogP contribution is -2.49. The first-order valence-electron chi connectivity index (χ1n) is 12.3. The first kappa shape index (κ1) is 26.2. The Bertz CT molecular complexity index is 991. The first-order valence-corrected chi connectivity index (χ1v) is 12.7. The highest BCUT2D eigenvalue weighted by Crippen LogP contribution is 2.29. The van der Waals surface area contributed by atoms with E-state index < -0.39 is 12.1 Å². The molecular weight excluding hydrogens is 490 g/mol. The maximum atomic E-state index is 13.1. The highest BCUT2D eigenvalue weighted by molar-refractivity contribution is 6.34. The van der Waals surface area contributed by atoms with Crippen LogP contribution in [0, 0.1) is 0 Å². The molecule has 5 amide bonds. The van der Waals surface area contributed by atoms with E-state index in [2.05, 4.69) is 10.2 Å². The van der Waals surface area contributed by atoms with Crippen LogP contribution < -0.4 is 10.2 Å². The van der Waals surface area contributed by atoms with E-state index in [4.69, 9.17) is 21.4 Å². The summed E-state index contributed by atoms with van der Waals surface area (Å²) in [5.41, 5.74) is 0.858. The molecule has 0 unspecified atom stereocenters. The largest absolute Gasteiger partial charge is 0.465 e. The molecular formula is C24H32ClN5O6. The number of hydrogen-bond donors (Lipinski definition) is 2. The zero-order valence-electron chi connectivity index (χ0n) is 20.2. The van der Waals surface area contributed by atoms with Crippen molar-refractivity contribution in [3.8, 4) is 0 Å². The fourth-order valence-electron chi connectivity index (χ4n) is 4.76. The van der Waals surface area contributed by atoms with E-state index in [9.17, 15) is 19.2 Å². The molecule has 0 bridgehead atoms. The van der Waals surface area contributed by atoms with Crippen LogP contribution in [-0.4, -0.2) is 109 Å². The Balaban J connectivity index is 1.20. The van der Waals surface area contributed by atoms with Gasteiger partial charge in [-0.1, -0.05) is 11.6 Å². The van der Waals surface area contributed by atoms with Crippen molar-refractivity contribution in [2.75, 3.05) is 63.9 Å². The number of carbonyl (C=O) groups excluding carboxylic acids is 3. The Labute approximate surface area is 214 Å². The number of likely N-dealkylation sites (tertiary alicyclic amines) is 1. The number of anilines is 1. The fourth-order valence-corrected chi connectivity index (χ4v) is 4.98. The first-order chi connectivity index (χ1) is 17.3. The van der Waals surface area contributed by atoms with E-state index in [0.717, 1.165) is 38.9 Å². The number of nitrogens with zero attached hydrogens (tertiary/aromatic N) is 4. The van der Waals surface area contributed by atoms with Gasteiger partial charge in [0, 0.05) is 70.9 Å². The fraction of sp³-hybridized carbons (Fsp3) is 0.583. The lowest BCUT2D eigenvalue weighted by Gasteiger charge is -2.34. The number of piperazine rings is 1. The molecule has 12 heteroatoms. The number of ether oxygens (including phenoxy) is 1. The van der Waals surface area contributed by atoms with E-state index in [1.54, 1.807) is 23.1 Å². The molecule has 3 aliphatic heterocycles. The van der Waals surface area contributed by atoms with Crippen LogP contribution in [0.25, 0.3) is 0 Å². The van der Waals surface area contributed by atoms with Gasteiger partial charge in [0.2, 0.25) is 5.91 Å². The predicted octanol–water partition coefficient (Wildman–Crippen LogP) is 2.09. The van der Waals surface area contributed by atoms with E-state index in [1.807, 2.05) is 0 Å². The van der Waals surface area contributed by atoms with Crippen LogP contribution in [0.2, 0.25) is 5.02 Å². The Morgan fingerprint density at radius 2 is 1.75 bits per heavy atom. The Morgan fingerprint density at radius 3 is 2.42 bits per heavy atom. The standard InChI is InChI=1S/C24H32ClN5O6/c25-19-3-2-17(16-20(19)30-10-6-21(31)26-23(30)33)22(32)28-8-4-18(5-9-28)36-15-1-7-27-11-13-29(14-12-27)24(34)35/h2-3,16,18H,1,4-15H2,(H,34,35)(H,26,31,33). The number of benzene rings is 1. The maximum absolute atomic E-state index is 13.1. The van der Waals surface area contributed by atoms with Crippen LogP contribution in [0.5, 0.6) is 0 Å². The van der Waals surface area contributed by atoms with Gasteiger partial charge in [0.1, 0.15) is 0 Å². The van der Waals surface area contributed by atoms with E-state index in [0.29, 0.717) is 49.1 Å². The van der Waals surface area contributed by atoms with Crippen LogP contribution in [0.15, 0.2) is 18.2 Å². The lowest BCUT2D eigenvalue weighted by atomic mass is 10.1. The number of carbonyl (C=O) groups is 4. The number of amides is 5. The molecule has 0 spiro atoms. The molecule has 0 aliphatic carbocycles. The highest BCUT2D eigenvalue weighted by Gasteiger charge is 2.28. The van der Waals surface area contributed by atoms with Gasteiger partial charge >= 0.3 is 12.1 Å². The summed E-state index contributed by atoms with van der Waals surface area (Å²) in [5, 5.41) is 11.6. The van der Waals surface area contributed by atoms with Gasteiger partial charge in [-0.05, 0) is 37.5 Å². The van der Waals surface area contributed by atoms with Gasteiger partial charge in [-0.3, -0.25) is 24.7 Å². The Morgan fingerprint density at radius 1 is 1.03 bits per heavy atom. The van der Waals surface area contributed by atoms with Crippen LogP contribution >= 0.6 is 11.6 Å². The third-order valence-corrected chi connectivity index (χ3v) is 7.20. The Kier molecular flexibility index (Phi) is 8.65. The predicted molar refractivity (Wildman–Crippen MR) is 132 cm³/mol. The molecule has 0 saturated carbocycles. The van der Waals surface area contributed by atoms with Crippen molar-refractivity contribution in [2.45, 2.75) is 31.8 Å². The molecule has 0 atom stereocenters. The number of carboxylic acid groups (broad SMARTS) is 1. The molecule has 3 fully saturated rings. The van der Waals surface area contributed by atoms with Crippen LogP contribution in [0.1, 0.15) is 36.0 Å². The summed E-state index contributed by atoms with van der Waals surface area (Å²) in [5.74, 6) is -0.455. The summed E-state index contributed by atoms with van der Waals surface area (Å²) in [7, 11) is 0. The van der Waals surface area contributed by atoms with Gasteiger partial charge in [-0.15, -0.1) is 0 Å². The average Bonchev–Trinajstić information content (AvgIpc) is 2.87. The number of nitrogens with one attached hydrogen (secondary N) is 1. The molecule has 2 N–H and O–H groups in total. The van der Waals surface area contributed by atoms with Crippen molar-refractivity contribution in [1.82, 2.24) is 20.0 Å². The monoisotopic (exact) mass is 521 g/mol. The van der Waals surface area contributed by atoms with Crippen LogP contribution in [0.3, 0.4) is 0 Å². The number of rotatable bonds is 7. The van der Waals surface area contributed by atoms with Crippen molar-refractivity contribution >= 4 is 41.2 Å². The van der Waals surface area contributed by atoms with Crippen LogP contribution in [-0.2, 0) is 9.53 Å². The topological polar surface area (TPSA) is 123 Å². The maximum Gasteiger partial charge on any atom is 0.407 e. The Hall–Kier alpha value is -2.89. The second kappa shape index (κ2) is 11.9. The zero-order chi connectivity index (χ0) is 25.7. The van der Waals surface area contributed by atoms with Gasteiger partial charge in [-0.2, -0.15) is 0 Å². The van der Waals surface area contributed by atoms with Gasteiger partial charge in [0.05, 0.1) is 16.8 Å². The summed E-state index contributed by atoms with van der Waals surface area (Å²) in [6, 6.07) is 4.32. The quantitative estimate of drug-likeness (QED) is 0.527. The minimum Gasteiger partial charge on any atom is -0.465 e. The molecule has 3 saturated heterocycles. The van der Waals surface area contributed by atoms with Crippen molar-refractivity contribution in [3.63, 3.8) is 0 Å². The third-order valence-electron chi connectivity index (χ3n) is 6.88. The van der Waals surface area contributed by atoms with Gasteiger partial charge in [-0.25, -0.2) is 9.59 Å². The highest BCUT2D eigenvalue weighted by atomic mass is 35.5. The molecule has 0 radical (unpaired) electrons. The molecule has 11 nitrogen and oxygen atoms in total. The number of imide groups is 1. The molecule has 196 valence electrons. The van der Waals surface area contributed by atoms with E-state index >= 15 is 0 Å². The summed E-state index contributed by atoms with van der Waals surface area (Å²) >= 11 is 6.29. The molecule has 1 aromatic rings. The molecule has 4 rings (SSSR count). The number of urea groups is 1. The van der Waals surface area contributed by atoms with Crippen molar-refractivity contribution in [1.29, 1.82) is 0 Å². The van der Waals surface area contributed by atoms with Crippen molar-refractivity contribution in [2.24, 2.45) is 0 Å². The average molecular weight is 522 g/mol. The summed E-state index contributed by atoms with van der Waals surface area (Å²) in [4.78, 5) is 54.6.